The predicted octanol–water partition coefficient (Wildman–Crippen LogP) is 2.22. The van der Waals surface area contributed by atoms with Gasteiger partial charge in [-0.05, 0) is 17.7 Å². The first-order chi connectivity index (χ1) is 9.36. The van der Waals surface area contributed by atoms with E-state index in [0.29, 0.717) is 5.95 Å². The standard InChI is InChI=1S/C13H9N5O/c14-3-4-15-13-16-6-10(7-17-13)9-1-2-11-12(5-9)19-8-18-11/h1-2,5-8H,4H2,(H,15,16,17). The van der Waals surface area contributed by atoms with Gasteiger partial charge in [0.05, 0.1) is 6.07 Å². The summed E-state index contributed by atoms with van der Waals surface area (Å²) in [4.78, 5) is 12.3. The van der Waals surface area contributed by atoms with Crippen molar-refractivity contribution in [3.63, 3.8) is 0 Å². The summed E-state index contributed by atoms with van der Waals surface area (Å²) in [5.41, 5.74) is 3.37. The maximum Gasteiger partial charge on any atom is 0.223 e. The Labute approximate surface area is 108 Å². The van der Waals surface area contributed by atoms with Crippen LogP contribution in [0.25, 0.3) is 22.2 Å². The second kappa shape index (κ2) is 4.74. The quantitative estimate of drug-likeness (QED) is 0.718. The minimum Gasteiger partial charge on any atom is -0.443 e. The Morgan fingerprint density at radius 1 is 1.16 bits per heavy atom. The van der Waals surface area contributed by atoms with E-state index >= 15 is 0 Å². The molecule has 6 heteroatoms. The van der Waals surface area contributed by atoms with Crippen molar-refractivity contribution in [3.05, 3.63) is 37.0 Å². The van der Waals surface area contributed by atoms with Crippen molar-refractivity contribution >= 4 is 17.0 Å². The van der Waals surface area contributed by atoms with Gasteiger partial charge >= 0.3 is 0 Å². The van der Waals surface area contributed by atoms with E-state index in [4.69, 9.17) is 9.68 Å². The average molecular weight is 251 g/mol. The number of aromatic nitrogens is 3. The number of anilines is 1. The van der Waals surface area contributed by atoms with Gasteiger partial charge < -0.3 is 9.73 Å². The van der Waals surface area contributed by atoms with Crippen LogP contribution in [0.5, 0.6) is 0 Å². The fourth-order valence-corrected chi connectivity index (χ4v) is 1.72. The van der Waals surface area contributed by atoms with Gasteiger partial charge in [-0.25, -0.2) is 15.0 Å². The third-order valence-electron chi connectivity index (χ3n) is 2.64. The summed E-state index contributed by atoms with van der Waals surface area (Å²) in [6.07, 6.45) is 4.81. The number of hydrogen-bond acceptors (Lipinski definition) is 6. The predicted molar refractivity (Wildman–Crippen MR) is 69.1 cm³/mol. The number of rotatable bonds is 3. The van der Waals surface area contributed by atoms with E-state index in [1.165, 1.54) is 6.39 Å². The minimum atomic E-state index is 0.184. The first-order valence-electron chi connectivity index (χ1n) is 5.63. The smallest absolute Gasteiger partial charge is 0.223 e. The summed E-state index contributed by atoms with van der Waals surface area (Å²) < 4.78 is 5.26. The molecule has 0 unspecified atom stereocenters. The van der Waals surface area contributed by atoms with Crippen molar-refractivity contribution < 1.29 is 4.42 Å². The molecule has 0 aliphatic heterocycles. The molecule has 0 aliphatic carbocycles. The maximum atomic E-state index is 8.46. The highest BCUT2D eigenvalue weighted by Crippen LogP contribution is 2.23. The Hall–Kier alpha value is -2.94. The molecule has 0 saturated heterocycles. The van der Waals surface area contributed by atoms with Gasteiger partial charge in [0, 0.05) is 18.0 Å². The van der Waals surface area contributed by atoms with Crippen molar-refractivity contribution in [2.75, 3.05) is 11.9 Å². The fraction of sp³-hybridized carbons (Fsp3) is 0.0769. The lowest BCUT2D eigenvalue weighted by molar-refractivity contribution is 0.602. The van der Waals surface area contributed by atoms with Crippen LogP contribution in [0.3, 0.4) is 0 Å². The number of fused-ring (bicyclic) bond motifs is 1. The van der Waals surface area contributed by atoms with E-state index < -0.39 is 0 Å². The zero-order valence-corrected chi connectivity index (χ0v) is 9.87. The molecule has 2 aromatic heterocycles. The van der Waals surface area contributed by atoms with E-state index in [2.05, 4.69) is 20.3 Å². The van der Waals surface area contributed by atoms with Crippen LogP contribution in [0.4, 0.5) is 5.95 Å². The normalized spacial score (nSPS) is 10.3. The molecule has 19 heavy (non-hydrogen) atoms. The Bertz CT molecular complexity index is 742. The van der Waals surface area contributed by atoms with Gasteiger partial charge in [-0.15, -0.1) is 0 Å². The van der Waals surface area contributed by atoms with Gasteiger partial charge in [-0.2, -0.15) is 5.26 Å². The van der Waals surface area contributed by atoms with Crippen molar-refractivity contribution in [3.8, 4) is 17.2 Å². The van der Waals surface area contributed by atoms with E-state index in [-0.39, 0.29) is 6.54 Å². The van der Waals surface area contributed by atoms with Gasteiger partial charge in [-0.1, -0.05) is 6.07 Å². The van der Waals surface area contributed by atoms with Crippen molar-refractivity contribution in [1.82, 2.24) is 15.0 Å². The van der Waals surface area contributed by atoms with Crippen LogP contribution in [-0.2, 0) is 0 Å². The summed E-state index contributed by atoms with van der Waals surface area (Å²) in [7, 11) is 0. The zero-order chi connectivity index (χ0) is 13.1. The Morgan fingerprint density at radius 3 is 2.79 bits per heavy atom. The highest BCUT2D eigenvalue weighted by molar-refractivity contribution is 5.79. The highest BCUT2D eigenvalue weighted by Gasteiger charge is 2.04. The Balaban J connectivity index is 1.90. The van der Waals surface area contributed by atoms with Gasteiger partial charge in [0.2, 0.25) is 5.95 Å². The lowest BCUT2D eigenvalue weighted by atomic mass is 10.1. The molecule has 0 spiro atoms. The van der Waals surface area contributed by atoms with E-state index in [9.17, 15) is 0 Å². The molecule has 2 heterocycles. The Kier molecular flexibility index (Phi) is 2.79. The van der Waals surface area contributed by atoms with Gasteiger partial charge in [0.1, 0.15) is 12.1 Å². The molecule has 1 aromatic carbocycles. The van der Waals surface area contributed by atoms with Crippen LogP contribution < -0.4 is 5.32 Å². The SMILES string of the molecule is N#CCNc1ncc(-c2ccc3ncoc3c2)cn1. The molecule has 3 aromatic rings. The second-order valence-electron chi connectivity index (χ2n) is 3.84. The molecule has 3 rings (SSSR count). The first kappa shape index (κ1) is 11.2. The maximum absolute atomic E-state index is 8.46. The molecule has 0 atom stereocenters. The average Bonchev–Trinajstić information content (AvgIpc) is 2.93. The summed E-state index contributed by atoms with van der Waals surface area (Å²) in [6, 6.07) is 7.68. The number of oxazole rings is 1. The number of nitrogens with zero attached hydrogens (tertiary/aromatic N) is 4. The molecule has 0 fully saturated rings. The van der Waals surface area contributed by atoms with Crippen LogP contribution in [0.1, 0.15) is 0 Å². The van der Waals surface area contributed by atoms with E-state index in [1.54, 1.807) is 12.4 Å². The molecular formula is C13H9N5O. The summed E-state index contributed by atoms with van der Waals surface area (Å²) >= 11 is 0. The lowest BCUT2D eigenvalue weighted by Gasteiger charge is -2.02. The van der Waals surface area contributed by atoms with Crippen molar-refractivity contribution in [1.29, 1.82) is 5.26 Å². The third-order valence-corrected chi connectivity index (χ3v) is 2.64. The van der Waals surface area contributed by atoms with Crippen molar-refractivity contribution in [2.45, 2.75) is 0 Å². The highest BCUT2D eigenvalue weighted by atomic mass is 16.3. The molecular weight excluding hydrogens is 242 g/mol. The molecule has 0 aliphatic rings. The third kappa shape index (κ3) is 2.21. The van der Waals surface area contributed by atoms with Crippen molar-refractivity contribution in [2.24, 2.45) is 0 Å². The number of nitrogens with one attached hydrogen (secondary N) is 1. The molecule has 0 bridgehead atoms. The second-order valence-corrected chi connectivity index (χ2v) is 3.84. The largest absolute Gasteiger partial charge is 0.443 e. The molecule has 0 radical (unpaired) electrons. The number of nitriles is 1. The van der Waals surface area contributed by atoms with Crippen LogP contribution in [0.2, 0.25) is 0 Å². The fourth-order valence-electron chi connectivity index (χ4n) is 1.72. The Morgan fingerprint density at radius 2 is 2.00 bits per heavy atom. The van der Waals surface area contributed by atoms with E-state index in [0.717, 1.165) is 22.2 Å². The summed E-state index contributed by atoms with van der Waals surface area (Å²) in [6.45, 7) is 0.184. The molecule has 0 amide bonds. The summed E-state index contributed by atoms with van der Waals surface area (Å²) in [5.74, 6) is 0.436. The van der Waals surface area contributed by atoms with Gasteiger partial charge in [0.25, 0.3) is 0 Å². The monoisotopic (exact) mass is 251 g/mol. The number of benzene rings is 1. The topological polar surface area (TPSA) is 87.6 Å². The first-order valence-corrected chi connectivity index (χ1v) is 5.63. The molecule has 92 valence electrons. The van der Waals surface area contributed by atoms with Crippen LogP contribution in [0.15, 0.2) is 41.4 Å². The zero-order valence-electron chi connectivity index (χ0n) is 9.87. The van der Waals surface area contributed by atoms with Crippen LogP contribution in [0, 0.1) is 11.3 Å². The van der Waals surface area contributed by atoms with Crippen LogP contribution in [-0.4, -0.2) is 21.5 Å². The van der Waals surface area contributed by atoms with E-state index in [1.807, 2.05) is 24.3 Å². The molecule has 6 nitrogen and oxygen atoms in total. The van der Waals surface area contributed by atoms with Crippen LogP contribution >= 0.6 is 0 Å². The molecule has 1 N–H and O–H groups in total. The molecule has 0 saturated carbocycles. The van der Waals surface area contributed by atoms with Gasteiger partial charge in [0.15, 0.2) is 12.0 Å². The minimum absolute atomic E-state index is 0.184. The summed E-state index contributed by atoms with van der Waals surface area (Å²) in [5, 5.41) is 11.2. The van der Waals surface area contributed by atoms with Gasteiger partial charge in [-0.3, -0.25) is 0 Å². The lowest BCUT2D eigenvalue weighted by Crippen LogP contribution is -2.02. The number of hydrogen-bond donors (Lipinski definition) is 1.